The molecule has 1 aromatic heterocycles. The van der Waals surface area contributed by atoms with Crippen LogP contribution in [0.15, 0.2) is 18.2 Å². The van der Waals surface area contributed by atoms with Crippen LogP contribution in [-0.2, 0) is 0 Å². The highest BCUT2D eigenvalue weighted by Crippen LogP contribution is 2.24. The van der Waals surface area contributed by atoms with Gasteiger partial charge in [0.05, 0.1) is 11.2 Å². The number of hydrogen-bond acceptors (Lipinski definition) is 4. The molecule has 134 valence electrons. The first-order valence-electron chi connectivity index (χ1n) is 9.64. The Bertz CT molecular complexity index is 742. The second kappa shape index (κ2) is 7.24. The molecular weight excluding hydrogens is 315 g/mol. The molecular formula is C20H27FN4. The van der Waals surface area contributed by atoms with E-state index in [0.717, 1.165) is 54.5 Å². The van der Waals surface area contributed by atoms with Gasteiger partial charge >= 0.3 is 0 Å². The Kier molecular flexibility index (Phi) is 4.84. The molecule has 4 nitrogen and oxygen atoms in total. The lowest BCUT2D eigenvalue weighted by Crippen LogP contribution is -2.37. The summed E-state index contributed by atoms with van der Waals surface area (Å²) in [6.45, 7) is 3.92. The summed E-state index contributed by atoms with van der Waals surface area (Å²) in [6, 6.07) is 6.10. The number of hydrogen-bond donors (Lipinski definition) is 1. The topological polar surface area (TPSA) is 41.1 Å². The summed E-state index contributed by atoms with van der Waals surface area (Å²) in [7, 11) is 0. The van der Waals surface area contributed by atoms with Crippen LogP contribution in [0.25, 0.3) is 10.9 Å². The lowest BCUT2D eigenvalue weighted by molar-refractivity contribution is 0.403. The lowest BCUT2D eigenvalue weighted by Gasteiger charge is -2.23. The Hall–Kier alpha value is -1.75. The van der Waals surface area contributed by atoms with Crippen molar-refractivity contribution in [1.29, 1.82) is 0 Å². The van der Waals surface area contributed by atoms with Crippen LogP contribution in [-0.4, -0.2) is 35.1 Å². The number of rotatable bonds is 3. The first-order chi connectivity index (χ1) is 12.2. The molecule has 0 bridgehead atoms. The molecule has 0 unspecified atom stereocenters. The van der Waals surface area contributed by atoms with Gasteiger partial charge in [-0.1, -0.05) is 12.8 Å². The average Bonchev–Trinajstić information content (AvgIpc) is 3.00. The molecule has 5 heteroatoms. The molecule has 0 radical (unpaired) electrons. The van der Waals surface area contributed by atoms with E-state index < -0.39 is 0 Å². The third-order valence-electron chi connectivity index (χ3n) is 5.67. The summed E-state index contributed by atoms with van der Waals surface area (Å²) >= 11 is 0. The third kappa shape index (κ3) is 3.76. The molecule has 2 fully saturated rings. The highest BCUT2D eigenvalue weighted by atomic mass is 19.1. The number of nitrogens with zero attached hydrogens (tertiary/aromatic N) is 3. The van der Waals surface area contributed by atoms with Crippen molar-refractivity contribution < 1.29 is 4.39 Å². The van der Waals surface area contributed by atoms with Gasteiger partial charge in [-0.05, 0) is 57.2 Å². The van der Waals surface area contributed by atoms with Gasteiger partial charge in [-0.2, -0.15) is 0 Å². The molecule has 1 aliphatic heterocycles. The first-order valence-corrected chi connectivity index (χ1v) is 9.64. The summed E-state index contributed by atoms with van der Waals surface area (Å²) < 4.78 is 13.5. The van der Waals surface area contributed by atoms with Crippen molar-refractivity contribution in [2.45, 2.75) is 64.0 Å². The van der Waals surface area contributed by atoms with Crippen molar-refractivity contribution in [3.05, 3.63) is 29.7 Å². The first kappa shape index (κ1) is 16.7. The minimum atomic E-state index is -0.234. The van der Waals surface area contributed by atoms with Gasteiger partial charge in [0.25, 0.3) is 0 Å². The molecule has 1 atom stereocenters. The standard InChI is InChI=1S/C20H27FN4/c1-14-18-13-15(21)8-9-19(18)24-20(22-14)25-11-4-7-17(10-12-25)23-16-5-2-3-6-16/h8-9,13,16-17,23H,2-7,10-12H2,1H3/t17-/m0/s1. The van der Waals surface area contributed by atoms with E-state index in [2.05, 4.69) is 15.2 Å². The van der Waals surface area contributed by atoms with Crippen molar-refractivity contribution >= 4 is 16.9 Å². The number of nitrogens with one attached hydrogen (secondary N) is 1. The average molecular weight is 342 g/mol. The highest BCUT2D eigenvalue weighted by Gasteiger charge is 2.23. The van der Waals surface area contributed by atoms with E-state index >= 15 is 0 Å². The molecule has 1 aromatic carbocycles. The highest BCUT2D eigenvalue weighted by molar-refractivity contribution is 5.81. The number of fused-ring (bicyclic) bond motifs is 1. The zero-order valence-electron chi connectivity index (χ0n) is 15.0. The summed E-state index contributed by atoms with van der Waals surface area (Å²) in [5.41, 5.74) is 1.68. The van der Waals surface area contributed by atoms with Gasteiger partial charge in [0.15, 0.2) is 0 Å². The smallest absolute Gasteiger partial charge is 0.226 e. The maximum absolute atomic E-state index is 13.5. The van der Waals surface area contributed by atoms with E-state index in [-0.39, 0.29) is 5.82 Å². The Morgan fingerprint density at radius 2 is 1.76 bits per heavy atom. The fourth-order valence-corrected chi connectivity index (χ4v) is 4.27. The summed E-state index contributed by atoms with van der Waals surface area (Å²) in [6.07, 6.45) is 8.95. The zero-order chi connectivity index (χ0) is 17.2. The van der Waals surface area contributed by atoms with E-state index in [1.165, 1.54) is 44.2 Å². The van der Waals surface area contributed by atoms with Gasteiger partial charge in [0.2, 0.25) is 5.95 Å². The van der Waals surface area contributed by atoms with Gasteiger partial charge < -0.3 is 10.2 Å². The lowest BCUT2D eigenvalue weighted by atomic mass is 10.1. The predicted octanol–water partition coefficient (Wildman–Crippen LogP) is 3.97. The molecule has 1 saturated carbocycles. The zero-order valence-corrected chi connectivity index (χ0v) is 15.0. The van der Waals surface area contributed by atoms with Crippen molar-refractivity contribution in [3.63, 3.8) is 0 Å². The van der Waals surface area contributed by atoms with E-state index in [4.69, 9.17) is 4.98 Å². The van der Waals surface area contributed by atoms with E-state index in [0.29, 0.717) is 6.04 Å². The maximum Gasteiger partial charge on any atom is 0.226 e. The molecule has 1 N–H and O–H groups in total. The Labute approximate surface area is 148 Å². The summed E-state index contributed by atoms with van der Waals surface area (Å²) in [5.74, 6) is 0.556. The van der Waals surface area contributed by atoms with Crippen molar-refractivity contribution in [1.82, 2.24) is 15.3 Å². The third-order valence-corrected chi connectivity index (χ3v) is 5.67. The fraction of sp³-hybridized carbons (Fsp3) is 0.600. The molecule has 1 aliphatic carbocycles. The number of aromatic nitrogens is 2. The minimum absolute atomic E-state index is 0.234. The largest absolute Gasteiger partial charge is 0.341 e. The van der Waals surface area contributed by atoms with Crippen molar-refractivity contribution in [2.75, 3.05) is 18.0 Å². The molecule has 2 aliphatic rings. The molecule has 2 aromatic rings. The molecule has 25 heavy (non-hydrogen) atoms. The second-order valence-electron chi connectivity index (χ2n) is 7.53. The normalized spacial score (nSPS) is 22.5. The van der Waals surface area contributed by atoms with Gasteiger partial charge in [0.1, 0.15) is 5.82 Å². The van der Waals surface area contributed by atoms with Gasteiger partial charge in [-0.15, -0.1) is 0 Å². The minimum Gasteiger partial charge on any atom is -0.341 e. The molecule has 1 saturated heterocycles. The summed E-state index contributed by atoms with van der Waals surface area (Å²) in [5, 5.41) is 4.67. The van der Waals surface area contributed by atoms with Crippen LogP contribution < -0.4 is 10.2 Å². The van der Waals surface area contributed by atoms with Crippen LogP contribution in [0.2, 0.25) is 0 Å². The molecule has 0 amide bonds. The van der Waals surface area contributed by atoms with Gasteiger partial charge in [-0.25, -0.2) is 14.4 Å². The predicted molar refractivity (Wildman–Crippen MR) is 99.5 cm³/mol. The Morgan fingerprint density at radius 3 is 2.60 bits per heavy atom. The SMILES string of the molecule is Cc1nc(N2CCC[C@H](NC3CCCC3)CC2)nc2ccc(F)cc12. The van der Waals surface area contributed by atoms with Crippen molar-refractivity contribution in [3.8, 4) is 0 Å². The van der Waals surface area contributed by atoms with Crippen LogP contribution in [0.1, 0.15) is 50.6 Å². The van der Waals surface area contributed by atoms with Crippen molar-refractivity contribution in [2.24, 2.45) is 0 Å². The number of anilines is 1. The van der Waals surface area contributed by atoms with E-state index in [9.17, 15) is 4.39 Å². The number of halogens is 1. The molecule has 4 rings (SSSR count). The van der Waals surface area contributed by atoms with Crippen LogP contribution >= 0.6 is 0 Å². The number of benzene rings is 1. The van der Waals surface area contributed by atoms with Crippen LogP contribution in [0.4, 0.5) is 10.3 Å². The quantitative estimate of drug-likeness (QED) is 0.916. The maximum atomic E-state index is 13.5. The molecule has 0 spiro atoms. The van der Waals surface area contributed by atoms with Crippen LogP contribution in [0, 0.1) is 12.7 Å². The van der Waals surface area contributed by atoms with E-state index in [1.807, 2.05) is 6.92 Å². The number of aryl methyl sites for hydroxylation is 1. The van der Waals surface area contributed by atoms with E-state index in [1.54, 1.807) is 6.07 Å². The van der Waals surface area contributed by atoms with Crippen LogP contribution in [0.3, 0.4) is 0 Å². The van der Waals surface area contributed by atoms with Gasteiger partial charge in [0, 0.05) is 30.6 Å². The Morgan fingerprint density at radius 1 is 1.00 bits per heavy atom. The summed E-state index contributed by atoms with van der Waals surface area (Å²) in [4.78, 5) is 11.7. The fourth-order valence-electron chi connectivity index (χ4n) is 4.27. The van der Waals surface area contributed by atoms with Crippen LogP contribution in [0.5, 0.6) is 0 Å². The second-order valence-corrected chi connectivity index (χ2v) is 7.53. The monoisotopic (exact) mass is 342 g/mol. The Balaban J connectivity index is 1.48. The molecule has 2 heterocycles. The van der Waals surface area contributed by atoms with Gasteiger partial charge in [-0.3, -0.25) is 0 Å².